The largest absolute Gasteiger partial charge is 0.354 e. The molecule has 1 heterocycles. The maximum Gasteiger partial charge on any atom is 0.227 e. The van der Waals surface area contributed by atoms with Gasteiger partial charge in [-0.3, -0.25) is 9.59 Å². The first kappa shape index (κ1) is 14.1. The van der Waals surface area contributed by atoms with Crippen molar-refractivity contribution in [3.8, 4) is 0 Å². The molecule has 0 saturated carbocycles. The topological polar surface area (TPSA) is 49.4 Å². The Morgan fingerprint density at radius 1 is 1.42 bits per heavy atom. The van der Waals surface area contributed by atoms with E-state index in [1.807, 2.05) is 38.1 Å². The van der Waals surface area contributed by atoms with E-state index in [0.29, 0.717) is 6.54 Å². The van der Waals surface area contributed by atoms with Gasteiger partial charge in [0, 0.05) is 23.5 Å². The predicted molar refractivity (Wildman–Crippen MR) is 77.9 cm³/mol. The van der Waals surface area contributed by atoms with Crippen LogP contribution < -0.4 is 10.2 Å². The summed E-state index contributed by atoms with van der Waals surface area (Å²) in [5.41, 5.74) is 0.826. The summed E-state index contributed by atoms with van der Waals surface area (Å²) >= 11 is 3.44. The van der Waals surface area contributed by atoms with Gasteiger partial charge in [-0.15, -0.1) is 0 Å². The van der Waals surface area contributed by atoms with Crippen molar-refractivity contribution in [2.45, 2.75) is 26.3 Å². The van der Waals surface area contributed by atoms with Gasteiger partial charge in [0.25, 0.3) is 0 Å². The van der Waals surface area contributed by atoms with Crippen molar-refractivity contribution in [3.63, 3.8) is 0 Å². The SMILES string of the molecule is CC(C)NC(=O)[C@H]1CC(=O)N(c2ccccc2Br)C1. The van der Waals surface area contributed by atoms with Gasteiger partial charge in [0.2, 0.25) is 11.8 Å². The van der Waals surface area contributed by atoms with E-state index in [1.54, 1.807) is 4.90 Å². The third-order valence-electron chi connectivity index (χ3n) is 3.07. The first-order valence-electron chi connectivity index (χ1n) is 6.34. The third kappa shape index (κ3) is 3.15. The Kier molecular flexibility index (Phi) is 4.24. The van der Waals surface area contributed by atoms with Crippen LogP contribution in [0.4, 0.5) is 5.69 Å². The summed E-state index contributed by atoms with van der Waals surface area (Å²) in [5, 5.41) is 2.86. The summed E-state index contributed by atoms with van der Waals surface area (Å²) in [4.78, 5) is 25.7. The van der Waals surface area contributed by atoms with Gasteiger partial charge in [0.05, 0.1) is 11.6 Å². The molecule has 0 unspecified atom stereocenters. The fourth-order valence-electron chi connectivity index (χ4n) is 2.19. The minimum atomic E-state index is -0.262. The second-order valence-corrected chi connectivity index (χ2v) is 5.87. The number of carbonyl (C=O) groups excluding carboxylic acids is 2. The number of rotatable bonds is 3. The lowest BCUT2D eigenvalue weighted by Crippen LogP contribution is -2.37. The van der Waals surface area contributed by atoms with E-state index in [1.165, 1.54) is 0 Å². The van der Waals surface area contributed by atoms with Gasteiger partial charge in [-0.2, -0.15) is 0 Å². The van der Waals surface area contributed by atoms with E-state index >= 15 is 0 Å². The van der Waals surface area contributed by atoms with Crippen LogP contribution in [0.1, 0.15) is 20.3 Å². The van der Waals surface area contributed by atoms with Crippen LogP contribution in [0.15, 0.2) is 28.7 Å². The number of amides is 2. The fraction of sp³-hybridized carbons (Fsp3) is 0.429. The van der Waals surface area contributed by atoms with Crippen molar-refractivity contribution in [2.75, 3.05) is 11.4 Å². The second-order valence-electron chi connectivity index (χ2n) is 5.02. The molecule has 19 heavy (non-hydrogen) atoms. The molecule has 1 aliphatic heterocycles. The van der Waals surface area contributed by atoms with Crippen LogP contribution in [-0.2, 0) is 9.59 Å². The second kappa shape index (κ2) is 5.74. The summed E-state index contributed by atoms with van der Waals surface area (Å²) < 4.78 is 0.869. The molecule has 1 aromatic rings. The lowest BCUT2D eigenvalue weighted by atomic mass is 10.1. The van der Waals surface area contributed by atoms with Crippen molar-refractivity contribution in [3.05, 3.63) is 28.7 Å². The fourth-order valence-corrected chi connectivity index (χ4v) is 2.69. The number of nitrogens with one attached hydrogen (secondary N) is 1. The van der Waals surface area contributed by atoms with Crippen LogP contribution in [0.25, 0.3) is 0 Å². The Hall–Kier alpha value is -1.36. The van der Waals surface area contributed by atoms with Crippen LogP contribution in [-0.4, -0.2) is 24.4 Å². The number of carbonyl (C=O) groups is 2. The van der Waals surface area contributed by atoms with Gasteiger partial charge in [-0.25, -0.2) is 0 Å². The molecule has 1 N–H and O–H groups in total. The van der Waals surface area contributed by atoms with Crippen molar-refractivity contribution in [1.82, 2.24) is 5.32 Å². The van der Waals surface area contributed by atoms with E-state index in [9.17, 15) is 9.59 Å². The minimum Gasteiger partial charge on any atom is -0.354 e. The zero-order valence-electron chi connectivity index (χ0n) is 11.0. The van der Waals surface area contributed by atoms with Gasteiger partial charge in [0.1, 0.15) is 0 Å². The Balaban J connectivity index is 2.12. The molecule has 0 aromatic heterocycles. The van der Waals surface area contributed by atoms with Crippen LogP contribution in [0.3, 0.4) is 0 Å². The molecule has 0 bridgehead atoms. The van der Waals surface area contributed by atoms with Crippen LogP contribution in [0.5, 0.6) is 0 Å². The Morgan fingerprint density at radius 2 is 2.11 bits per heavy atom. The van der Waals surface area contributed by atoms with E-state index in [0.717, 1.165) is 10.2 Å². The van der Waals surface area contributed by atoms with E-state index in [4.69, 9.17) is 0 Å². The van der Waals surface area contributed by atoms with Crippen LogP contribution in [0.2, 0.25) is 0 Å². The highest BCUT2D eigenvalue weighted by molar-refractivity contribution is 9.10. The predicted octanol–water partition coefficient (Wildman–Crippen LogP) is 2.33. The van der Waals surface area contributed by atoms with Crippen LogP contribution >= 0.6 is 15.9 Å². The zero-order chi connectivity index (χ0) is 14.0. The van der Waals surface area contributed by atoms with Gasteiger partial charge in [-0.1, -0.05) is 12.1 Å². The summed E-state index contributed by atoms with van der Waals surface area (Å²) in [7, 11) is 0. The van der Waals surface area contributed by atoms with Gasteiger partial charge in [0.15, 0.2) is 0 Å². The number of nitrogens with zero attached hydrogens (tertiary/aromatic N) is 1. The molecule has 5 heteroatoms. The molecular formula is C14H17BrN2O2. The maximum absolute atomic E-state index is 12.1. The van der Waals surface area contributed by atoms with Crippen molar-refractivity contribution >= 4 is 33.4 Å². The summed E-state index contributed by atoms with van der Waals surface area (Å²) in [6.07, 6.45) is 0.278. The third-order valence-corrected chi connectivity index (χ3v) is 3.74. The average molecular weight is 325 g/mol. The molecule has 4 nitrogen and oxygen atoms in total. The van der Waals surface area contributed by atoms with Gasteiger partial charge >= 0.3 is 0 Å². The van der Waals surface area contributed by atoms with E-state index < -0.39 is 0 Å². The minimum absolute atomic E-state index is 0.00388. The number of para-hydroxylation sites is 1. The van der Waals surface area contributed by atoms with Gasteiger partial charge in [-0.05, 0) is 41.9 Å². The molecule has 1 aromatic carbocycles. The van der Waals surface area contributed by atoms with Crippen LogP contribution in [0, 0.1) is 5.92 Å². The molecule has 0 radical (unpaired) electrons. The molecule has 1 saturated heterocycles. The summed E-state index contributed by atoms with van der Waals surface area (Å²) in [6.45, 7) is 4.28. The maximum atomic E-state index is 12.1. The lowest BCUT2D eigenvalue weighted by Gasteiger charge is -2.18. The quantitative estimate of drug-likeness (QED) is 0.927. The molecule has 1 atom stereocenters. The molecule has 0 spiro atoms. The Labute approximate surface area is 121 Å². The molecule has 1 fully saturated rings. The first-order chi connectivity index (χ1) is 8.99. The molecule has 2 rings (SSSR count). The van der Waals surface area contributed by atoms with Crippen molar-refractivity contribution in [2.24, 2.45) is 5.92 Å². The number of hydrogen-bond acceptors (Lipinski definition) is 2. The Morgan fingerprint density at radius 3 is 2.74 bits per heavy atom. The zero-order valence-corrected chi connectivity index (χ0v) is 12.6. The molecule has 102 valence electrons. The summed E-state index contributed by atoms with van der Waals surface area (Å²) in [6, 6.07) is 7.65. The van der Waals surface area contributed by atoms with Crippen molar-refractivity contribution < 1.29 is 9.59 Å². The molecule has 0 aliphatic carbocycles. The van der Waals surface area contributed by atoms with E-state index in [-0.39, 0.29) is 30.2 Å². The first-order valence-corrected chi connectivity index (χ1v) is 7.13. The van der Waals surface area contributed by atoms with Gasteiger partial charge < -0.3 is 10.2 Å². The Bertz CT molecular complexity index is 502. The highest BCUT2D eigenvalue weighted by Gasteiger charge is 2.35. The monoisotopic (exact) mass is 324 g/mol. The van der Waals surface area contributed by atoms with Crippen molar-refractivity contribution in [1.29, 1.82) is 0 Å². The number of halogens is 1. The highest BCUT2D eigenvalue weighted by atomic mass is 79.9. The molecule has 1 aliphatic rings. The smallest absolute Gasteiger partial charge is 0.227 e. The highest BCUT2D eigenvalue weighted by Crippen LogP contribution is 2.31. The molecule has 2 amide bonds. The number of benzene rings is 1. The average Bonchev–Trinajstić information content (AvgIpc) is 2.71. The standard InChI is InChI=1S/C14H17BrN2O2/c1-9(2)16-14(19)10-7-13(18)17(8-10)12-6-4-3-5-11(12)15/h3-6,9-10H,7-8H2,1-2H3,(H,16,19)/t10-/m0/s1. The normalized spacial score (nSPS) is 19.1. The lowest BCUT2D eigenvalue weighted by molar-refractivity contribution is -0.126. The number of anilines is 1. The summed E-state index contributed by atoms with van der Waals surface area (Å²) in [5.74, 6) is -0.310. The molecular weight excluding hydrogens is 308 g/mol. The van der Waals surface area contributed by atoms with E-state index in [2.05, 4.69) is 21.2 Å². The number of hydrogen-bond donors (Lipinski definition) is 1.